The van der Waals surface area contributed by atoms with Crippen molar-refractivity contribution in [3.63, 3.8) is 0 Å². The summed E-state index contributed by atoms with van der Waals surface area (Å²) in [5, 5.41) is 0. The first-order valence-electron chi connectivity index (χ1n) is 7.39. The van der Waals surface area contributed by atoms with Gasteiger partial charge in [0.15, 0.2) is 0 Å². The van der Waals surface area contributed by atoms with E-state index in [0.717, 1.165) is 29.2 Å². The van der Waals surface area contributed by atoms with Crippen LogP contribution >= 0.6 is 0 Å². The highest BCUT2D eigenvalue weighted by atomic mass is 16.5. The molecule has 0 aliphatic carbocycles. The largest absolute Gasteiger partial charge is 0.497 e. The maximum absolute atomic E-state index is 6.08. The third kappa shape index (κ3) is 2.99. The summed E-state index contributed by atoms with van der Waals surface area (Å²) < 4.78 is 11.5. The Morgan fingerprint density at radius 3 is 2.43 bits per heavy atom. The fourth-order valence-electron chi connectivity index (χ4n) is 3.28. The van der Waals surface area contributed by atoms with E-state index in [1.807, 2.05) is 18.2 Å². The maximum atomic E-state index is 6.08. The van der Waals surface area contributed by atoms with Crippen molar-refractivity contribution in [1.82, 2.24) is 0 Å². The van der Waals surface area contributed by atoms with Crippen molar-refractivity contribution in [2.45, 2.75) is 34.6 Å². The van der Waals surface area contributed by atoms with Crippen LogP contribution in [0.3, 0.4) is 0 Å². The minimum atomic E-state index is 0.0466. The number of hydrogen-bond donors (Lipinski definition) is 0. The summed E-state index contributed by atoms with van der Waals surface area (Å²) in [6.07, 6.45) is 1.84. The Bertz CT molecular complexity index is 586. The fourth-order valence-corrected chi connectivity index (χ4v) is 3.28. The highest BCUT2D eigenvalue weighted by Crippen LogP contribution is 2.49. The molecule has 2 rings (SSSR count). The van der Waals surface area contributed by atoms with Gasteiger partial charge in [-0.3, -0.25) is 0 Å². The molecule has 1 aliphatic rings. The van der Waals surface area contributed by atoms with Gasteiger partial charge in [0.1, 0.15) is 11.5 Å². The van der Waals surface area contributed by atoms with E-state index in [2.05, 4.69) is 47.3 Å². The molecule has 0 spiro atoms. The van der Waals surface area contributed by atoms with Crippen LogP contribution in [0.4, 0.5) is 0 Å². The Morgan fingerprint density at radius 1 is 1.24 bits per heavy atom. The Morgan fingerprint density at radius 2 is 1.90 bits per heavy atom. The molecule has 0 bridgehead atoms. The molecule has 0 N–H and O–H groups in total. The number of hydrogen-bond acceptors (Lipinski definition) is 2. The second-order valence-electron chi connectivity index (χ2n) is 7.33. The van der Waals surface area contributed by atoms with Crippen LogP contribution in [0.25, 0.3) is 11.8 Å². The molecule has 0 fully saturated rings. The van der Waals surface area contributed by atoms with Gasteiger partial charge in [0.25, 0.3) is 0 Å². The molecule has 0 atom stereocenters. The zero-order chi connectivity index (χ0) is 15.8. The van der Waals surface area contributed by atoms with E-state index in [0.29, 0.717) is 0 Å². The maximum Gasteiger partial charge on any atom is 0.127 e. The molecule has 0 radical (unpaired) electrons. The van der Waals surface area contributed by atoms with Crippen molar-refractivity contribution in [3.8, 4) is 5.75 Å². The second kappa shape index (κ2) is 5.25. The highest BCUT2D eigenvalue weighted by molar-refractivity contribution is 5.71. The van der Waals surface area contributed by atoms with E-state index in [-0.39, 0.29) is 10.8 Å². The monoisotopic (exact) mass is 286 g/mol. The minimum Gasteiger partial charge on any atom is -0.497 e. The third-order valence-corrected chi connectivity index (χ3v) is 3.89. The Labute approximate surface area is 128 Å². The van der Waals surface area contributed by atoms with Crippen molar-refractivity contribution < 1.29 is 9.47 Å². The van der Waals surface area contributed by atoms with Crippen LogP contribution < -0.4 is 4.74 Å². The minimum absolute atomic E-state index is 0.0466. The van der Waals surface area contributed by atoms with Crippen LogP contribution in [0, 0.1) is 10.8 Å². The number of methoxy groups -OCH3 is 1. The first-order chi connectivity index (χ1) is 9.69. The predicted molar refractivity (Wildman–Crippen MR) is 89.2 cm³/mol. The molecule has 1 heterocycles. The number of rotatable bonds is 3. The lowest BCUT2D eigenvalue weighted by Gasteiger charge is -2.30. The molecule has 0 amide bonds. The standard InChI is InChI=1S/C19H26O2/c1-8-13-9-14(11-15(10-13)20-7)16-17(18(2,3)4)19(5,6)12-21-16/h8-11H,1,12H2,2-7H3. The quantitative estimate of drug-likeness (QED) is 0.765. The van der Waals surface area contributed by atoms with Gasteiger partial charge in [-0.2, -0.15) is 0 Å². The summed E-state index contributed by atoms with van der Waals surface area (Å²) in [6.45, 7) is 15.8. The van der Waals surface area contributed by atoms with Crippen molar-refractivity contribution >= 4 is 11.8 Å². The average molecular weight is 286 g/mol. The van der Waals surface area contributed by atoms with Gasteiger partial charge in [-0.25, -0.2) is 0 Å². The average Bonchev–Trinajstić information content (AvgIpc) is 2.73. The van der Waals surface area contributed by atoms with Gasteiger partial charge in [-0.1, -0.05) is 47.3 Å². The van der Waals surface area contributed by atoms with E-state index < -0.39 is 0 Å². The molecule has 1 aromatic rings. The first-order valence-corrected chi connectivity index (χ1v) is 7.39. The van der Waals surface area contributed by atoms with Crippen LogP contribution in [0.2, 0.25) is 0 Å². The Balaban J connectivity index is 2.66. The summed E-state index contributed by atoms with van der Waals surface area (Å²) in [6, 6.07) is 6.13. The van der Waals surface area contributed by atoms with Gasteiger partial charge in [0.2, 0.25) is 0 Å². The molecule has 21 heavy (non-hydrogen) atoms. The third-order valence-electron chi connectivity index (χ3n) is 3.89. The van der Waals surface area contributed by atoms with E-state index in [4.69, 9.17) is 9.47 Å². The molecular weight excluding hydrogens is 260 g/mol. The van der Waals surface area contributed by atoms with E-state index >= 15 is 0 Å². The highest BCUT2D eigenvalue weighted by Gasteiger charge is 2.41. The van der Waals surface area contributed by atoms with Gasteiger partial charge < -0.3 is 9.47 Å². The van der Waals surface area contributed by atoms with Crippen LogP contribution in [0.1, 0.15) is 45.7 Å². The molecule has 0 saturated heterocycles. The van der Waals surface area contributed by atoms with Crippen molar-refractivity contribution in [3.05, 3.63) is 41.5 Å². The van der Waals surface area contributed by atoms with Gasteiger partial charge in [0.05, 0.1) is 13.7 Å². The lowest BCUT2D eigenvalue weighted by atomic mass is 9.71. The summed E-state index contributed by atoms with van der Waals surface area (Å²) in [7, 11) is 1.68. The van der Waals surface area contributed by atoms with Crippen molar-refractivity contribution in [2.75, 3.05) is 13.7 Å². The van der Waals surface area contributed by atoms with Gasteiger partial charge >= 0.3 is 0 Å². The van der Waals surface area contributed by atoms with Gasteiger partial charge in [-0.05, 0) is 34.8 Å². The summed E-state index contributed by atoms with van der Waals surface area (Å²) in [5.74, 6) is 1.82. The molecule has 2 heteroatoms. The van der Waals surface area contributed by atoms with Crippen molar-refractivity contribution in [2.24, 2.45) is 10.8 Å². The Hall–Kier alpha value is -1.70. The lowest BCUT2D eigenvalue weighted by Crippen LogP contribution is -2.24. The molecule has 2 nitrogen and oxygen atoms in total. The van der Waals surface area contributed by atoms with Gasteiger partial charge in [-0.15, -0.1) is 0 Å². The predicted octanol–water partition coefficient (Wildman–Crippen LogP) is 5.15. The Kier molecular flexibility index (Phi) is 3.92. The summed E-state index contributed by atoms with van der Waals surface area (Å²) in [4.78, 5) is 0. The molecule has 0 aromatic heterocycles. The second-order valence-corrected chi connectivity index (χ2v) is 7.33. The SMILES string of the molecule is C=Cc1cc(OC)cc(C2=C(C(C)(C)C)C(C)(C)CO2)c1. The summed E-state index contributed by atoms with van der Waals surface area (Å²) in [5.41, 5.74) is 3.58. The smallest absolute Gasteiger partial charge is 0.127 e. The molecule has 0 saturated carbocycles. The number of ether oxygens (including phenoxy) is 2. The van der Waals surface area contributed by atoms with Crippen molar-refractivity contribution in [1.29, 1.82) is 0 Å². The molecule has 1 aliphatic heterocycles. The lowest BCUT2D eigenvalue weighted by molar-refractivity contribution is 0.213. The van der Waals surface area contributed by atoms with Gasteiger partial charge in [0, 0.05) is 11.0 Å². The van der Waals surface area contributed by atoms with Crippen LogP contribution in [0.5, 0.6) is 5.75 Å². The fraction of sp³-hybridized carbons (Fsp3) is 0.474. The summed E-state index contributed by atoms with van der Waals surface area (Å²) >= 11 is 0. The zero-order valence-corrected chi connectivity index (χ0v) is 14.0. The molecule has 114 valence electrons. The molecule has 1 aromatic carbocycles. The van der Waals surface area contributed by atoms with E-state index in [1.165, 1.54) is 5.57 Å². The first kappa shape index (κ1) is 15.7. The van der Waals surface area contributed by atoms with E-state index in [1.54, 1.807) is 7.11 Å². The zero-order valence-electron chi connectivity index (χ0n) is 14.0. The topological polar surface area (TPSA) is 18.5 Å². The van der Waals surface area contributed by atoms with Crippen LogP contribution in [0.15, 0.2) is 30.4 Å². The number of benzene rings is 1. The van der Waals surface area contributed by atoms with Crippen LogP contribution in [-0.4, -0.2) is 13.7 Å². The molecular formula is C19H26O2. The normalized spacial score (nSPS) is 17.6. The van der Waals surface area contributed by atoms with Crippen LogP contribution in [-0.2, 0) is 4.74 Å². The molecule has 0 unspecified atom stereocenters. The van der Waals surface area contributed by atoms with E-state index in [9.17, 15) is 0 Å².